The molecule has 4 nitrogen and oxygen atoms in total. The molecule has 0 saturated carbocycles. The number of carbonyl (C=O) groups excluding carboxylic acids is 1. The highest BCUT2D eigenvalue weighted by Gasteiger charge is 2.30. The minimum atomic E-state index is -0.359. The number of amides is 1. The Balaban J connectivity index is 1.64. The maximum atomic E-state index is 12.4. The number of hydrogen-bond donors (Lipinski definition) is 3. The molecule has 0 aliphatic carbocycles. The van der Waals surface area contributed by atoms with Gasteiger partial charge in [-0.05, 0) is 42.3 Å². The summed E-state index contributed by atoms with van der Waals surface area (Å²) in [6.45, 7) is 0. The van der Waals surface area contributed by atoms with E-state index in [2.05, 4.69) is 16.2 Å². The number of hydrazine groups is 1. The maximum absolute atomic E-state index is 12.4. The second-order valence-corrected chi connectivity index (χ2v) is 6.57. The van der Waals surface area contributed by atoms with Crippen LogP contribution in [0.4, 0.5) is 5.69 Å². The number of benzene rings is 2. The van der Waals surface area contributed by atoms with Crippen LogP contribution in [0.1, 0.15) is 18.0 Å². The summed E-state index contributed by atoms with van der Waals surface area (Å²) in [5.41, 5.74) is 7.74. The van der Waals surface area contributed by atoms with E-state index < -0.39 is 0 Å². The van der Waals surface area contributed by atoms with Crippen molar-refractivity contribution in [2.24, 2.45) is 0 Å². The lowest BCUT2D eigenvalue weighted by molar-refractivity contribution is -0.117. The molecule has 1 fully saturated rings. The summed E-state index contributed by atoms with van der Waals surface area (Å²) in [6.07, 6.45) is 0.624. The van der Waals surface area contributed by atoms with Crippen LogP contribution in [0.15, 0.2) is 42.5 Å². The van der Waals surface area contributed by atoms with Crippen molar-refractivity contribution in [3.8, 4) is 0 Å². The molecule has 0 radical (unpaired) electrons. The van der Waals surface area contributed by atoms with Gasteiger partial charge in [-0.15, -0.1) is 0 Å². The van der Waals surface area contributed by atoms with Gasteiger partial charge in [0.25, 0.3) is 0 Å². The Morgan fingerprint density at radius 1 is 1.00 bits per heavy atom. The van der Waals surface area contributed by atoms with Crippen LogP contribution in [0, 0.1) is 0 Å². The largest absolute Gasteiger partial charge is 0.323 e. The zero-order valence-electron chi connectivity index (χ0n) is 11.9. The van der Waals surface area contributed by atoms with Crippen LogP contribution >= 0.6 is 34.8 Å². The average Bonchev–Trinajstić information content (AvgIpc) is 3.01. The molecular weight excluding hydrogens is 357 g/mol. The lowest BCUT2D eigenvalue weighted by Gasteiger charge is -2.12. The summed E-state index contributed by atoms with van der Waals surface area (Å²) < 4.78 is 0. The third kappa shape index (κ3) is 3.97. The van der Waals surface area contributed by atoms with E-state index in [0.717, 1.165) is 5.56 Å². The highest BCUT2D eigenvalue weighted by molar-refractivity contribution is 6.36. The van der Waals surface area contributed by atoms with Gasteiger partial charge in [0, 0.05) is 16.1 Å². The van der Waals surface area contributed by atoms with E-state index in [9.17, 15) is 4.79 Å². The Labute approximate surface area is 149 Å². The first kappa shape index (κ1) is 16.6. The van der Waals surface area contributed by atoms with Crippen molar-refractivity contribution >= 4 is 46.4 Å². The predicted molar refractivity (Wildman–Crippen MR) is 94.0 cm³/mol. The summed E-state index contributed by atoms with van der Waals surface area (Å²) >= 11 is 17.8. The standard InChI is InChI=1S/C16H14Cl3N3O/c17-10-3-1-9(2-4-10)14-8-15(22-21-14)16(23)20-13-6-5-11(18)7-12(13)19/h1-7,14-15,21-22H,8H2,(H,20,23). The van der Waals surface area contributed by atoms with Crippen LogP contribution < -0.4 is 16.2 Å². The van der Waals surface area contributed by atoms with Gasteiger partial charge in [-0.2, -0.15) is 0 Å². The summed E-state index contributed by atoms with van der Waals surface area (Å²) in [4.78, 5) is 12.4. The third-order valence-electron chi connectivity index (χ3n) is 3.68. The third-order valence-corrected chi connectivity index (χ3v) is 4.48. The summed E-state index contributed by atoms with van der Waals surface area (Å²) in [5.74, 6) is -0.154. The van der Waals surface area contributed by atoms with Crippen LogP contribution in [0.3, 0.4) is 0 Å². The highest BCUT2D eigenvalue weighted by atomic mass is 35.5. The van der Waals surface area contributed by atoms with Crippen molar-refractivity contribution < 1.29 is 4.79 Å². The van der Waals surface area contributed by atoms with Crippen molar-refractivity contribution in [2.45, 2.75) is 18.5 Å². The number of carbonyl (C=O) groups is 1. The molecule has 2 unspecified atom stereocenters. The Morgan fingerprint density at radius 3 is 2.39 bits per heavy atom. The van der Waals surface area contributed by atoms with E-state index >= 15 is 0 Å². The van der Waals surface area contributed by atoms with Crippen molar-refractivity contribution in [3.63, 3.8) is 0 Å². The van der Waals surface area contributed by atoms with Crippen molar-refractivity contribution in [3.05, 3.63) is 63.1 Å². The average molecular weight is 371 g/mol. The smallest absolute Gasteiger partial charge is 0.242 e. The van der Waals surface area contributed by atoms with Gasteiger partial charge in [0.05, 0.1) is 10.7 Å². The molecule has 1 saturated heterocycles. The molecule has 1 aliphatic rings. The summed E-state index contributed by atoms with van der Waals surface area (Å²) in [5, 5.41) is 4.43. The van der Waals surface area contributed by atoms with Gasteiger partial charge in [-0.25, -0.2) is 10.9 Å². The van der Waals surface area contributed by atoms with Crippen LogP contribution in [-0.2, 0) is 4.79 Å². The zero-order chi connectivity index (χ0) is 16.4. The molecule has 3 rings (SSSR count). The summed E-state index contributed by atoms with van der Waals surface area (Å²) in [7, 11) is 0. The summed E-state index contributed by atoms with van der Waals surface area (Å²) in [6, 6.07) is 12.2. The van der Waals surface area contributed by atoms with E-state index in [0.29, 0.717) is 27.2 Å². The Kier molecular flexibility index (Phi) is 5.09. The van der Waals surface area contributed by atoms with Crippen molar-refractivity contribution in [2.75, 3.05) is 5.32 Å². The number of hydrogen-bond acceptors (Lipinski definition) is 3. The molecule has 23 heavy (non-hydrogen) atoms. The van der Waals surface area contributed by atoms with Crippen LogP contribution in [-0.4, -0.2) is 11.9 Å². The zero-order valence-corrected chi connectivity index (χ0v) is 14.2. The SMILES string of the molecule is O=C(Nc1ccc(Cl)cc1Cl)C1CC(c2ccc(Cl)cc2)NN1. The number of halogens is 3. The van der Waals surface area contributed by atoms with Crippen molar-refractivity contribution in [1.82, 2.24) is 10.9 Å². The molecule has 2 aromatic rings. The topological polar surface area (TPSA) is 53.2 Å². The highest BCUT2D eigenvalue weighted by Crippen LogP contribution is 2.27. The fourth-order valence-corrected chi connectivity index (χ4v) is 3.03. The minimum Gasteiger partial charge on any atom is -0.323 e. The van der Waals surface area contributed by atoms with E-state index in [1.54, 1.807) is 18.2 Å². The van der Waals surface area contributed by atoms with Gasteiger partial charge in [-0.3, -0.25) is 4.79 Å². The van der Waals surface area contributed by atoms with Crippen molar-refractivity contribution in [1.29, 1.82) is 0 Å². The molecule has 7 heteroatoms. The fraction of sp³-hybridized carbons (Fsp3) is 0.188. The normalized spacial score (nSPS) is 20.5. The molecule has 0 aromatic heterocycles. The Hall–Kier alpha value is -1.30. The first-order valence-electron chi connectivity index (χ1n) is 7.05. The van der Waals surface area contributed by atoms with Gasteiger partial charge in [0.2, 0.25) is 5.91 Å². The maximum Gasteiger partial charge on any atom is 0.242 e. The van der Waals surface area contributed by atoms with Gasteiger partial charge in [0.15, 0.2) is 0 Å². The molecule has 1 amide bonds. The Morgan fingerprint density at radius 2 is 1.70 bits per heavy atom. The molecule has 1 heterocycles. The van der Waals surface area contributed by atoms with Gasteiger partial charge < -0.3 is 5.32 Å². The molecule has 0 bridgehead atoms. The molecule has 2 atom stereocenters. The molecule has 120 valence electrons. The predicted octanol–water partition coefficient (Wildman–Crippen LogP) is 4.19. The first-order chi connectivity index (χ1) is 11.0. The number of anilines is 1. The number of rotatable bonds is 3. The fourth-order valence-electron chi connectivity index (χ4n) is 2.45. The van der Waals surface area contributed by atoms with E-state index in [-0.39, 0.29) is 18.0 Å². The van der Waals surface area contributed by atoms with Gasteiger partial charge >= 0.3 is 0 Å². The van der Waals surface area contributed by atoms with E-state index in [4.69, 9.17) is 34.8 Å². The second-order valence-electron chi connectivity index (χ2n) is 5.29. The van der Waals surface area contributed by atoms with Crippen LogP contribution in [0.2, 0.25) is 15.1 Å². The second kappa shape index (κ2) is 7.07. The van der Waals surface area contributed by atoms with E-state index in [1.165, 1.54) is 0 Å². The van der Waals surface area contributed by atoms with Gasteiger partial charge in [0.1, 0.15) is 6.04 Å². The molecular formula is C16H14Cl3N3O. The lowest BCUT2D eigenvalue weighted by Crippen LogP contribution is -2.39. The monoisotopic (exact) mass is 369 g/mol. The quantitative estimate of drug-likeness (QED) is 0.759. The lowest BCUT2D eigenvalue weighted by atomic mass is 10.0. The Bertz CT molecular complexity index is 721. The minimum absolute atomic E-state index is 0.0451. The first-order valence-corrected chi connectivity index (χ1v) is 8.19. The van der Waals surface area contributed by atoms with Crippen LogP contribution in [0.25, 0.3) is 0 Å². The molecule has 0 spiro atoms. The number of nitrogens with one attached hydrogen (secondary N) is 3. The molecule has 2 aromatic carbocycles. The van der Waals surface area contributed by atoms with E-state index in [1.807, 2.05) is 24.3 Å². The van der Waals surface area contributed by atoms with Gasteiger partial charge in [-0.1, -0.05) is 46.9 Å². The van der Waals surface area contributed by atoms with Crippen LogP contribution in [0.5, 0.6) is 0 Å². The molecule has 1 aliphatic heterocycles. The molecule has 3 N–H and O–H groups in total.